The monoisotopic (exact) mass is 281 g/mol. The number of phenolic OH excluding ortho intramolecular Hbond substituents is 1. The van der Waals surface area contributed by atoms with Crippen LogP contribution in [0.2, 0.25) is 0 Å². The number of aromatic nitrogens is 3. The second-order valence-electron chi connectivity index (χ2n) is 4.65. The highest BCUT2D eigenvalue weighted by Crippen LogP contribution is 2.35. The van der Waals surface area contributed by atoms with Gasteiger partial charge in [0, 0.05) is 27.7 Å². The fraction of sp³-hybridized carbons (Fsp3) is 0.0667. The maximum atomic E-state index is 10.2. The molecule has 0 atom stereocenters. The van der Waals surface area contributed by atoms with Crippen LogP contribution in [-0.4, -0.2) is 19.9 Å². The Balaban J connectivity index is 2.25. The van der Waals surface area contributed by atoms with Crippen LogP contribution in [0.4, 0.5) is 0 Å². The van der Waals surface area contributed by atoms with E-state index in [0.717, 1.165) is 32.5 Å². The first-order valence-corrected chi connectivity index (χ1v) is 7.13. The van der Waals surface area contributed by atoms with Gasteiger partial charge in [-0.25, -0.2) is 9.67 Å². The summed E-state index contributed by atoms with van der Waals surface area (Å²) in [6, 6.07) is 9.59. The lowest BCUT2D eigenvalue weighted by Gasteiger charge is -2.05. The molecule has 0 fully saturated rings. The van der Waals surface area contributed by atoms with E-state index in [4.69, 9.17) is 0 Å². The summed E-state index contributed by atoms with van der Waals surface area (Å²) in [7, 11) is 0. The molecule has 0 aliphatic carbocycles. The molecule has 4 rings (SSSR count). The van der Waals surface area contributed by atoms with Crippen molar-refractivity contribution in [2.24, 2.45) is 0 Å². The highest BCUT2D eigenvalue weighted by molar-refractivity contribution is 7.12. The van der Waals surface area contributed by atoms with E-state index < -0.39 is 0 Å². The van der Waals surface area contributed by atoms with E-state index in [1.54, 1.807) is 23.6 Å². The normalized spacial score (nSPS) is 11.4. The van der Waals surface area contributed by atoms with Gasteiger partial charge in [-0.15, -0.1) is 11.3 Å². The summed E-state index contributed by atoms with van der Waals surface area (Å²) in [6.07, 6.45) is 1.77. The minimum absolute atomic E-state index is 0.287. The van der Waals surface area contributed by atoms with Gasteiger partial charge < -0.3 is 5.11 Å². The summed E-state index contributed by atoms with van der Waals surface area (Å²) in [5, 5.41) is 20.3. The number of aryl methyl sites for hydroxylation is 1. The Morgan fingerprint density at radius 1 is 1.15 bits per heavy atom. The number of phenols is 1. The van der Waals surface area contributed by atoms with Gasteiger partial charge in [0.15, 0.2) is 0 Å². The van der Waals surface area contributed by atoms with Gasteiger partial charge in [-0.1, -0.05) is 24.3 Å². The second-order valence-corrected chi connectivity index (χ2v) is 5.52. The molecule has 98 valence electrons. The van der Waals surface area contributed by atoms with Crippen LogP contribution in [-0.2, 0) is 0 Å². The average molecular weight is 281 g/mol. The molecule has 4 aromatic rings. The quantitative estimate of drug-likeness (QED) is 0.579. The highest BCUT2D eigenvalue weighted by Gasteiger charge is 2.15. The van der Waals surface area contributed by atoms with E-state index in [-0.39, 0.29) is 5.75 Å². The van der Waals surface area contributed by atoms with Gasteiger partial charge in [0.05, 0.1) is 11.2 Å². The predicted molar refractivity (Wildman–Crippen MR) is 80.6 cm³/mol. The molecule has 5 heteroatoms. The molecule has 1 N–H and O–H groups in total. The number of rotatable bonds is 1. The summed E-state index contributed by atoms with van der Waals surface area (Å²) >= 11 is 1.54. The number of hydrogen-bond donors (Lipinski definition) is 1. The summed E-state index contributed by atoms with van der Waals surface area (Å²) < 4.78 is 1.86. The van der Waals surface area contributed by atoms with Gasteiger partial charge >= 0.3 is 0 Å². The summed E-state index contributed by atoms with van der Waals surface area (Å²) in [5.74, 6) is 0.287. The second kappa shape index (κ2) is 4.05. The fourth-order valence-corrected chi connectivity index (χ4v) is 3.15. The molecular formula is C15H11N3OS. The van der Waals surface area contributed by atoms with Crippen LogP contribution >= 0.6 is 11.3 Å². The Morgan fingerprint density at radius 3 is 2.70 bits per heavy atom. The van der Waals surface area contributed by atoms with E-state index in [2.05, 4.69) is 10.1 Å². The number of fused-ring (bicyclic) bond motifs is 3. The van der Waals surface area contributed by atoms with Crippen LogP contribution in [0.25, 0.3) is 26.8 Å². The number of thiazole rings is 1. The maximum Gasteiger partial charge on any atom is 0.210 e. The van der Waals surface area contributed by atoms with E-state index in [1.807, 2.05) is 41.3 Å². The van der Waals surface area contributed by atoms with E-state index in [1.165, 1.54) is 0 Å². The van der Waals surface area contributed by atoms with Crippen LogP contribution in [0.15, 0.2) is 41.9 Å². The first-order valence-electron chi connectivity index (χ1n) is 6.25. The van der Waals surface area contributed by atoms with Gasteiger partial charge in [-0.05, 0) is 13.0 Å². The zero-order valence-electron chi connectivity index (χ0n) is 10.7. The smallest absolute Gasteiger partial charge is 0.210 e. The molecule has 2 aromatic carbocycles. The van der Waals surface area contributed by atoms with Crippen LogP contribution < -0.4 is 0 Å². The first kappa shape index (κ1) is 11.4. The minimum atomic E-state index is 0.287. The Bertz CT molecular complexity index is 925. The van der Waals surface area contributed by atoms with Crippen molar-refractivity contribution in [1.82, 2.24) is 14.8 Å². The third kappa shape index (κ3) is 1.47. The Labute approximate surface area is 118 Å². The van der Waals surface area contributed by atoms with Crippen molar-refractivity contribution < 1.29 is 5.11 Å². The van der Waals surface area contributed by atoms with Gasteiger partial charge in [-0.3, -0.25) is 0 Å². The molecule has 0 amide bonds. The molecule has 0 spiro atoms. The van der Waals surface area contributed by atoms with Crippen molar-refractivity contribution in [2.75, 3.05) is 0 Å². The lowest BCUT2D eigenvalue weighted by Crippen LogP contribution is -1.95. The van der Waals surface area contributed by atoms with Crippen molar-refractivity contribution in [3.8, 4) is 10.9 Å². The van der Waals surface area contributed by atoms with Crippen LogP contribution in [0.5, 0.6) is 5.75 Å². The summed E-state index contributed by atoms with van der Waals surface area (Å²) in [5.41, 5.74) is 1.88. The molecule has 20 heavy (non-hydrogen) atoms. The number of hydrogen-bond acceptors (Lipinski definition) is 4. The third-order valence-electron chi connectivity index (χ3n) is 3.45. The van der Waals surface area contributed by atoms with Crippen LogP contribution in [0, 0.1) is 6.92 Å². The third-order valence-corrected chi connectivity index (χ3v) is 4.19. The molecule has 0 bridgehead atoms. The Hall–Kier alpha value is -2.40. The molecular weight excluding hydrogens is 270 g/mol. The van der Waals surface area contributed by atoms with E-state index in [0.29, 0.717) is 0 Å². The SMILES string of the molecule is Cc1nn(-c2nccs2)c2c1cc(O)c1ccccc12. The molecule has 0 radical (unpaired) electrons. The average Bonchev–Trinajstić information content (AvgIpc) is 3.08. The molecule has 2 aromatic heterocycles. The predicted octanol–water partition coefficient (Wildman–Crippen LogP) is 3.65. The molecule has 4 nitrogen and oxygen atoms in total. The van der Waals surface area contributed by atoms with Crippen molar-refractivity contribution in [3.05, 3.63) is 47.6 Å². The van der Waals surface area contributed by atoms with Gasteiger partial charge in [-0.2, -0.15) is 5.10 Å². The van der Waals surface area contributed by atoms with Crippen molar-refractivity contribution in [2.45, 2.75) is 6.92 Å². The first-order chi connectivity index (χ1) is 9.75. The standard InChI is InChI=1S/C15H11N3OS/c1-9-12-8-13(19)10-4-2-3-5-11(10)14(12)18(17-9)15-16-6-7-20-15/h2-8,19H,1H3. The molecule has 0 saturated carbocycles. The number of nitrogens with zero attached hydrogens (tertiary/aromatic N) is 3. The Kier molecular flexibility index (Phi) is 2.31. The maximum absolute atomic E-state index is 10.2. The summed E-state index contributed by atoms with van der Waals surface area (Å²) in [6.45, 7) is 1.95. The van der Waals surface area contributed by atoms with Crippen LogP contribution in [0.3, 0.4) is 0 Å². The zero-order chi connectivity index (χ0) is 13.7. The zero-order valence-corrected chi connectivity index (χ0v) is 11.6. The van der Waals surface area contributed by atoms with Gasteiger partial charge in [0.1, 0.15) is 5.75 Å². The van der Waals surface area contributed by atoms with Crippen molar-refractivity contribution >= 4 is 33.0 Å². The van der Waals surface area contributed by atoms with Gasteiger partial charge in [0.2, 0.25) is 5.13 Å². The fourth-order valence-electron chi connectivity index (χ4n) is 2.56. The molecule has 0 saturated heterocycles. The lowest BCUT2D eigenvalue weighted by atomic mass is 10.1. The van der Waals surface area contributed by atoms with E-state index in [9.17, 15) is 5.11 Å². The highest BCUT2D eigenvalue weighted by atomic mass is 32.1. The summed E-state index contributed by atoms with van der Waals surface area (Å²) in [4.78, 5) is 4.34. The van der Waals surface area contributed by atoms with Gasteiger partial charge in [0.25, 0.3) is 0 Å². The Morgan fingerprint density at radius 2 is 1.95 bits per heavy atom. The van der Waals surface area contributed by atoms with Crippen molar-refractivity contribution in [3.63, 3.8) is 0 Å². The minimum Gasteiger partial charge on any atom is -0.507 e. The number of benzene rings is 2. The molecule has 0 aliphatic rings. The largest absolute Gasteiger partial charge is 0.507 e. The van der Waals surface area contributed by atoms with Crippen LogP contribution in [0.1, 0.15) is 5.69 Å². The topological polar surface area (TPSA) is 50.9 Å². The molecule has 2 heterocycles. The van der Waals surface area contributed by atoms with E-state index >= 15 is 0 Å². The lowest BCUT2D eigenvalue weighted by molar-refractivity contribution is 0.482. The molecule has 0 aliphatic heterocycles. The van der Waals surface area contributed by atoms with Crippen molar-refractivity contribution in [1.29, 1.82) is 0 Å². The molecule has 0 unspecified atom stereocenters. The number of aromatic hydroxyl groups is 1.